The van der Waals surface area contributed by atoms with Gasteiger partial charge in [-0.25, -0.2) is 4.79 Å². The van der Waals surface area contributed by atoms with E-state index in [2.05, 4.69) is 22.5 Å². The molecule has 1 aromatic heterocycles. The number of benzene rings is 1. The third-order valence-corrected chi connectivity index (χ3v) is 3.14. The van der Waals surface area contributed by atoms with Crippen molar-refractivity contribution in [1.29, 1.82) is 0 Å². The SMILES string of the molecule is Cc1ccncc1CNc1cccc(NC(=O)OC(C)(C)C)c1. The van der Waals surface area contributed by atoms with Crippen LogP contribution in [0.2, 0.25) is 0 Å². The molecule has 0 saturated heterocycles. The van der Waals surface area contributed by atoms with E-state index in [4.69, 9.17) is 4.74 Å². The molecule has 1 amide bonds. The minimum atomic E-state index is -0.516. The highest BCUT2D eigenvalue weighted by molar-refractivity contribution is 5.85. The van der Waals surface area contributed by atoms with Gasteiger partial charge in [0.1, 0.15) is 5.60 Å². The van der Waals surface area contributed by atoms with E-state index in [9.17, 15) is 4.79 Å². The Kier molecular flexibility index (Phi) is 5.21. The van der Waals surface area contributed by atoms with Crippen LogP contribution in [0.1, 0.15) is 31.9 Å². The molecular formula is C18H23N3O2. The molecular weight excluding hydrogens is 290 g/mol. The van der Waals surface area contributed by atoms with Crippen LogP contribution in [-0.4, -0.2) is 16.7 Å². The Hall–Kier alpha value is -2.56. The van der Waals surface area contributed by atoms with E-state index in [1.807, 2.05) is 57.3 Å². The molecule has 23 heavy (non-hydrogen) atoms. The Morgan fingerprint density at radius 2 is 1.96 bits per heavy atom. The first-order valence-electron chi connectivity index (χ1n) is 7.57. The molecule has 0 unspecified atom stereocenters. The minimum absolute atomic E-state index is 0.460. The molecule has 5 heteroatoms. The fourth-order valence-electron chi connectivity index (χ4n) is 2.01. The predicted octanol–water partition coefficient (Wildman–Crippen LogP) is 4.35. The molecule has 0 radical (unpaired) electrons. The second-order valence-electron chi connectivity index (χ2n) is 6.36. The number of nitrogens with one attached hydrogen (secondary N) is 2. The summed E-state index contributed by atoms with van der Waals surface area (Å²) in [5.41, 5.74) is 3.42. The van der Waals surface area contributed by atoms with Gasteiger partial charge in [0.2, 0.25) is 0 Å². The van der Waals surface area contributed by atoms with Crippen molar-refractivity contribution in [3.63, 3.8) is 0 Å². The van der Waals surface area contributed by atoms with E-state index in [-0.39, 0.29) is 0 Å². The summed E-state index contributed by atoms with van der Waals surface area (Å²) in [6.45, 7) is 8.23. The number of carbonyl (C=O) groups is 1. The first kappa shape index (κ1) is 16.8. The van der Waals surface area contributed by atoms with E-state index < -0.39 is 11.7 Å². The second-order valence-corrected chi connectivity index (χ2v) is 6.36. The van der Waals surface area contributed by atoms with Gasteiger partial charge in [-0.2, -0.15) is 0 Å². The third-order valence-electron chi connectivity index (χ3n) is 3.14. The lowest BCUT2D eigenvalue weighted by atomic mass is 10.1. The summed E-state index contributed by atoms with van der Waals surface area (Å²) in [7, 11) is 0. The summed E-state index contributed by atoms with van der Waals surface area (Å²) < 4.78 is 5.25. The van der Waals surface area contributed by atoms with Crippen molar-refractivity contribution >= 4 is 17.5 Å². The average Bonchev–Trinajstić information content (AvgIpc) is 2.45. The molecule has 1 heterocycles. The van der Waals surface area contributed by atoms with Gasteiger partial charge in [0, 0.05) is 30.3 Å². The molecule has 122 valence electrons. The molecule has 0 aliphatic carbocycles. The number of anilines is 2. The van der Waals surface area contributed by atoms with Crippen molar-refractivity contribution in [3.8, 4) is 0 Å². The number of nitrogens with zero attached hydrogens (tertiary/aromatic N) is 1. The van der Waals surface area contributed by atoms with Crippen molar-refractivity contribution in [3.05, 3.63) is 53.9 Å². The van der Waals surface area contributed by atoms with E-state index in [1.54, 1.807) is 6.20 Å². The predicted molar refractivity (Wildman–Crippen MR) is 92.6 cm³/mol. The number of aromatic nitrogens is 1. The van der Waals surface area contributed by atoms with E-state index in [0.717, 1.165) is 11.3 Å². The number of hydrogen-bond acceptors (Lipinski definition) is 4. The number of ether oxygens (including phenoxy) is 1. The molecule has 5 nitrogen and oxygen atoms in total. The molecule has 0 atom stereocenters. The number of pyridine rings is 1. The van der Waals surface area contributed by atoms with Crippen LogP contribution in [0.3, 0.4) is 0 Å². The summed E-state index contributed by atoms with van der Waals surface area (Å²) >= 11 is 0. The minimum Gasteiger partial charge on any atom is -0.444 e. The normalized spacial score (nSPS) is 11.0. The van der Waals surface area contributed by atoms with Gasteiger partial charge in [0.25, 0.3) is 0 Å². The number of carbonyl (C=O) groups excluding carboxylic acids is 1. The lowest BCUT2D eigenvalue weighted by molar-refractivity contribution is 0.0636. The molecule has 1 aromatic carbocycles. The van der Waals surface area contributed by atoms with Gasteiger partial charge in [-0.1, -0.05) is 6.07 Å². The number of amides is 1. The van der Waals surface area contributed by atoms with Crippen LogP contribution in [0.5, 0.6) is 0 Å². The van der Waals surface area contributed by atoms with E-state index >= 15 is 0 Å². The topological polar surface area (TPSA) is 63.2 Å². The molecule has 0 saturated carbocycles. The van der Waals surface area contributed by atoms with Crippen molar-refractivity contribution in [1.82, 2.24) is 4.98 Å². The van der Waals surface area contributed by atoms with Crippen LogP contribution in [0.25, 0.3) is 0 Å². The standard InChI is InChI=1S/C18H23N3O2/c1-13-8-9-19-11-14(13)12-20-15-6-5-7-16(10-15)21-17(22)23-18(2,3)4/h5-11,20H,12H2,1-4H3,(H,21,22). The number of hydrogen-bond donors (Lipinski definition) is 2. The van der Waals surface area contributed by atoms with Crippen LogP contribution in [0.4, 0.5) is 16.2 Å². The Bertz CT molecular complexity index is 678. The zero-order valence-corrected chi connectivity index (χ0v) is 14.0. The van der Waals surface area contributed by atoms with Crippen LogP contribution < -0.4 is 10.6 Å². The lowest BCUT2D eigenvalue weighted by Crippen LogP contribution is -2.27. The van der Waals surface area contributed by atoms with Gasteiger partial charge in [0.15, 0.2) is 0 Å². The maximum absolute atomic E-state index is 11.8. The van der Waals surface area contributed by atoms with E-state index in [1.165, 1.54) is 5.56 Å². The van der Waals surface area contributed by atoms with Crippen molar-refractivity contribution in [2.75, 3.05) is 10.6 Å². The highest BCUT2D eigenvalue weighted by atomic mass is 16.6. The zero-order chi connectivity index (χ0) is 16.9. The smallest absolute Gasteiger partial charge is 0.412 e. The summed E-state index contributed by atoms with van der Waals surface area (Å²) in [5.74, 6) is 0. The number of rotatable bonds is 4. The molecule has 0 aliphatic rings. The molecule has 0 spiro atoms. The fraction of sp³-hybridized carbons (Fsp3) is 0.333. The van der Waals surface area contributed by atoms with Crippen LogP contribution >= 0.6 is 0 Å². The molecule has 0 fully saturated rings. The van der Waals surface area contributed by atoms with Gasteiger partial charge in [0.05, 0.1) is 0 Å². The molecule has 2 rings (SSSR count). The zero-order valence-electron chi connectivity index (χ0n) is 14.0. The number of aryl methyl sites for hydroxylation is 1. The van der Waals surface area contributed by atoms with E-state index in [0.29, 0.717) is 12.2 Å². The molecule has 0 bridgehead atoms. The summed E-state index contributed by atoms with van der Waals surface area (Å²) in [6, 6.07) is 9.51. The summed E-state index contributed by atoms with van der Waals surface area (Å²) in [5, 5.41) is 6.07. The van der Waals surface area contributed by atoms with Crippen LogP contribution in [-0.2, 0) is 11.3 Å². The Morgan fingerprint density at radius 1 is 1.22 bits per heavy atom. The first-order valence-corrected chi connectivity index (χ1v) is 7.57. The van der Waals surface area contributed by atoms with Crippen molar-refractivity contribution < 1.29 is 9.53 Å². The van der Waals surface area contributed by atoms with Gasteiger partial charge in [-0.15, -0.1) is 0 Å². The highest BCUT2D eigenvalue weighted by Crippen LogP contribution is 2.18. The highest BCUT2D eigenvalue weighted by Gasteiger charge is 2.16. The van der Waals surface area contributed by atoms with Gasteiger partial charge in [-0.3, -0.25) is 10.3 Å². The van der Waals surface area contributed by atoms with Crippen LogP contribution in [0.15, 0.2) is 42.7 Å². The molecule has 0 aliphatic heterocycles. The second kappa shape index (κ2) is 7.13. The average molecular weight is 313 g/mol. The third kappa shape index (κ3) is 5.62. The summed E-state index contributed by atoms with van der Waals surface area (Å²) in [6.07, 6.45) is 3.17. The monoisotopic (exact) mass is 313 g/mol. The summed E-state index contributed by atoms with van der Waals surface area (Å²) in [4.78, 5) is 15.9. The van der Waals surface area contributed by atoms with Crippen molar-refractivity contribution in [2.45, 2.75) is 39.8 Å². The fourth-order valence-corrected chi connectivity index (χ4v) is 2.01. The van der Waals surface area contributed by atoms with Gasteiger partial charge < -0.3 is 10.1 Å². The maximum Gasteiger partial charge on any atom is 0.412 e. The van der Waals surface area contributed by atoms with Crippen LogP contribution in [0, 0.1) is 6.92 Å². The quantitative estimate of drug-likeness (QED) is 0.881. The maximum atomic E-state index is 11.8. The van der Waals surface area contributed by atoms with Gasteiger partial charge in [-0.05, 0) is 63.1 Å². The van der Waals surface area contributed by atoms with Crippen molar-refractivity contribution in [2.24, 2.45) is 0 Å². The largest absolute Gasteiger partial charge is 0.444 e. The lowest BCUT2D eigenvalue weighted by Gasteiger charge is -2.19. The Balaban J connectivity index is 1.97. The van der Waals surface area contributed by atoms with Gasteiger partial charge >= 0.3 is 6.09 Å². The first-order chi connectivity index (χ1) is 10.8. The molecule has 2 aromatic rings. The molecule has 2 N–H and O–H groups in total. The Morgan fingerprint density at radius 3 is 2.65 bits per heavy atom. The Labute approximate surface area is 137 Å².